The van der Waals surface area contributed by atoms with Gasteiger partial charge in [0, 0.05) is 38.3 Å². The summed E-state index contributed by atoms with van der Waals surface area (Å²) in [6, 6.07) is 14.1. The van der Waals surface area contributed by atoms with Gasteiger partial charge in [-0.05, 0) is 43.8 Å². The van der Waals surface area contributed by atoms with Crippen LogP contribution >= 0.6 is 0 Å². The molecule has 2 heterocycles. The summed E-state index contributed by atoms with van der Waals surface area (Å²) in [4.78, 5) is 44.0. The van der Waals surface area contributed by atoms with Gasteiger partial charge in [-0.15, -0.1) is 0 Å². The maximum atomic E-state index is 12.8. The van der Waals surface area contributed by atoms with Gasteiger partial charge in [0.2, 0.25) is 0 Å². The minimum atomic E-state index is -0.353. The normalized spacial score (nSPS) is 17.1. The van der Waals surface area contributed by atoms with E-state index in [4.69, 9.17) is 0 Å². The SMILES string of the molecule is CN1CCN(CCCNC(=O)c2ccc3c(c2)C(=O)N(Cc2ccccc2)C3=O)CC1. The number of nitrogens with one attached hydrogen (secondary N) is 1. The molecule has 162 valence electrons. The fourth-order valence-electron chi connectivity index (χ4n) is 4.02. The van der Waals surface area contributed by atoms with Gasteiger partial charge in [0.25, 0.3) is 17.7 Å². The molecule has 3 amide bonds. The summed E-state index contributed by atoms with van der Waals surface area (Å²) in [5.74, 6) is -0.889. The Morgan fingerprint density at radius 3 is 2.39 bits per heavy atom. The van der Waals surface area contributed by atoms with Crippen LogP contribution in [0.3, 0.4) is 0 Å². The maximum absolute atomic E-state index is 12.8. The molecule has 4 rings (SSSR count). The van der Waals surface area contributed by atoms with Crippen LogP contribution in [0.5, 0.6) is 0 Å². The molecule has 1 saturated heterocycles. The highest BCUT2D eigenvalue weighted by atomic mass is 16.2. The van der Waals surface area contributed by atoms with Gasteiger partial charge in [0.05, 0.1) is 17.7 Å². The second-order valence-electron chi connectivity index (χ2n) is 8.20. The van der Waals surface area contributed by atoms with Crippen LogP contribution in [0.2, 0.25) is 0 Å². The zero-order valence-corrected chi connectivity index (χ0v) is 17.8. The van der Waals surface area contributed by atoms with E-state index >= 15 is 0 Å². The Kier molecular flexibility index (Phi) is 6.44. The van der Waals surface area contributed by atoms with Gasteiger partial charge >= 0.3 is 0 Å². The van der Waals surface area contributed by atoms with E-state index in [2.05, 4.69) is 22.2 Å². The monoisotopic (exact) mass is 420 g/mol. The van der Waals surface area contributed by atoms with Crippen LogP contribution in [0.4, 0.5) is 0 Å². The number of rotatable bonds is 7. The van der Waals surface area contributed by atoms with Crippen molar-refractivity contribution in [3.63, 3.8) is 0 Å². The second kappa shape index (κ2) is 9.41. The first-order valence-corrected chi connectivity index (χ1v) is 10.8. The molecule has 0 bridgehead atoms. The van der Waals surface area contributed by atoms with E-state index in [9.17, 15) is 14.4 Å². The Labute approximate surface area is 182 Å². The lowest BCUT2D eigenvalue weighted by molar-refractivity contribution is 0.0642. The minimum absolute atomic E-state index is 0.220. The van der Waals surface area contributed by atoms with Crippen molar-refractivity contribution in [2.45, 2.75) is 13.0 Å². The van der Waals surface area contributed by atoms with Crippen molar-refractivity contribution in [1.82, 2.24) is 20.0 Å². The lowest BCUT2D eigenvalue weighted by Gasteiger charge is -2.32. The Hall–Kier alpha value is -3.03. The highest BCUT2D eigenvalue weighted by Crippen LogP contribution is 2.25. The average Bonchev–Trinajstić information content (AvgIpc) is 3.03. The molecular formula is C24H28N4O3. The number of piperazine rings is 1. The van der Waals surface area contributed by atoms with Crippen LogP contribution in [-0.2, 0) is 6.54 Å². The minimum Gasteiger partial charge on any atom is -0.352 e. The highest BCUT2D eigenvalue weighted by Gasteiger charge is 2.35. The number of hydrogen-bond acceptors (Lipinski definition) is 5. The number of likely N-dealkylation sites (N-methyl/N-ethyl adjacent to an activating group) is 1. The molecule has 31 heavy (non-hydrogen) atoms. The van der Waals surface area contributed by atoms with Crippen LogP contribution in [-0.4, -0.2) is 78.7 Å². The number of hydrogen-bond donors (Lipinski definition) is 1. The summed E-state index contributed by atoms with van der Waals surface area (Å²) >= 11 is 0. The van der Waals surface area contributed by atoms with Crippen molar-refractivity contribution >= 4 is 17.7 Å². The van der Waals surface area contributed by atoms with Gasteiger partial charge in [-0.25, -0.2) is 0 Å². The molecular weight excluding hydrogens is 392 g/mol. The Morgan fingerprint density at radius 2 is 1.65 bits per heavy atom. The van der Waals surface area contributed by atoms with E-state index in [1.54, 1.807) is 12.1 Å². The molecule has 0 saturated carbocycles. The first kappa shape index (κ1) is 21.2. The quantitative estimate of drug-likeness (QED) is 0.547. The van der Waals surface area contributed by atoms with Gasteiger partial charge in [-0.1, -0.05) is 30.3 Å². The third kappa shape index (κ3) is 4.84. The van der Waals surface area contributed by atoms with E-state index < -0.39 is 0 Å². The molecule has 0 unspecified atom stereocenters. The largest absolute Gasteiger partial charge is 0.352 e. The number of amides is 3. The van der Waals surface area contributed by atoms with Crippen molar-refractivity contribution in [1.29, 1.82) is 0 Å². The number of imide groups is 1. The highest BCUT2D eigenvalue weighted by molar-refractivity contribution is 6.22. The van der Waals surface area contributed by atoms with Gasteiger partial charge in [0.15, 0.2) is 0 Å². The molecule has 0 radical (unpaired) electrons. The standard InChI is InChI=1S/C24H28N4O3/c1-26-12-14-27(15-13-26)11-5-10-25-22(29)19-8-9-20-21(16-19)24(31)28(23(20)30)17-18-6-3-2-4-7-18/h2-4,6-9,16H,5,10-15,17H2,1H3,(H,25,29). The molecule has 0 atom stereocenters. The van der Waals surface area contributed by atoms with Crippen molar-refractivity contribution < 1.29 is 14.4 Å². The Bertz CT molecular complexity index is 968. The van der Waals surface area contributed by atoms with E-state index in [1.165, 1.54) is 11.0 Å². The average molecular weight is 421 g/mol. The predicted molar refractivity (Wildman–Crippen MR) is 118 cm³/mol. The first-order valence-electron chi connectivity index (χ1n) is 10.8. The number of carbonyl (C=O) groups is 3. The Morgan fingerprint density at radius 1 is 0.935 bits per heavy atom. The van der Waals surface area contributed by atoms with Crippen molar-refractivity contribution in [3.05, 3.63) is 70.8 Å². The summed E-state index contributed by atoms with van der Waals surface area (Å²) in [6.45, 7) is 6.04. The topological polar surface area (TPSA) is 73.0 Å². The molecule has 1 N–H and O–H groups in total. The van der Waals surface area contributed by atoms with Crippen LogP contribution in [0.1, 0.15) is 43.1 Å². The third-order valence-electron chi connectivity index (χ3n) is 5.95. The van der Waals surface area contributed by atoms with Crippen LogP contribution in [0.15, 0.2) is 48.5 Å². The molecule has 2 aromatic rings. The number of nitrogens with zero attached hydrogens (tertiary/aromatic N) is 3. The molecule has 2 aromatic carbocycles. The fourth-order valence-corrected chi connectivity index (χ4v) is 4.02. The molecule has 7 nitrogen and oxygen atoms in total. The fraction of sp³-hybridized carbons (Fsp3) is 0.375. The molecule has 2 aliphatic rings. The first-order chi connectivity index (χ1) is 15.0. The van der Waals surface area contributed by atoms with Crippen molar-refractivity contribution in [2.75, 3.05) is 46.3 Å². The zero-order chi connectivity index (χ0) is 21.8. The molecule has 0 aromatic heterocycles. The zero-order valence-electron chi connectivity index (χ0n) is 17.8. The molecule has 1 fully saturated rings. The molecule has 7 heteroatoms. The van der Waals surface area contributed by atoms with Gasteiger partial charge in [-0.3, -0.25) is 19.3 Å². The van der Waals surface area contributed by atoms with Crippen LogP contribution in [0.25, 0.3) is 0 Å². The summed E-state index contributed by atoms with van der Waals surface area (Å²) in [7, 11) is 2.13. The van der Waals surface area contributed by atoms with Gasteiger partial charge in [0.1, 0.15) is 0 Å². The van der Waals surface area contributed by atoms with Crippen molar-refractivity contribution in [3.8, 4) is 0 Å². The lowest BCUT2D eigenvalue weighted by atomic mass is 10.1. The molecule has 0 spiro atoms. The number of fused-ring (bicyclic) bond motifs is 1. The second-order valence-corrected chi connectivity index (χ2v) is 8.20. The smallest absolute Gasteiger partial charge is 0.261 e. The lowest BCUT2D eigenvalue weighted by Crippen LogP contribution is -2.45. The predicted octanol–water partition coefficient (Wildman–Crippen LogP) is 1.85. The summed E-state index contributed by atoms with van der Waals surface area (Å²) in [5, 5.41) is 2.93. The third-order valence-corrected chi connectivity index (χ3v) is 5.95. The summed E-state index contributed by atoms with van der Waals surface area (Å²) < 4.78 is 0. The van der Waals surface area contributed by atoms with E-state index in [1.807, 2.05) is 30.3 Å². The van der Waals surface area contributed by atoms with E-state index in [0.717, 1.165) is 44.7 Å². The van der Waals surface area contributed by atoms with Gasteiger partial charge in [-0.2, -0.15) is 0 Å². The summed E-state index contributed by atoms with van der Waals surface area (Å²) in [5.41, 5.74) is 1.94. The van der Waals surface area contributed by atoms with Crippen LogP contribution < -0.4 is 5.32 Å². The van der Waals surface area contributed by atoms with E-state index in [0.29, 0.717) is 23.2 Å². The summed E-state index contributed by atoms with van der Waals surface area (Å²) in [6.07, 6.45) is 0.878. The number of benzene rings is 2. The van der Waals surface area contributed by atoms with Gasteiger partial charge < -0.3 is 15.1 Å². The maximum Gasteiger partial charge on any atom is 0.261 e. The number of carbonyl (C=O) groups excluding carboxylic acids is 3. The molecule has 2 aliphatic heterocycles. The Balaban J connectivity index is 1.33. The van der Waals surface area contributed by atoms with E-state index in [-0.39, 0.29) is 24.3 Å². The van der Waals surface area contributed by atoms with Crippen molar-refractivity contribution in [2.24, 2.45) is 0 Å². The van der Waals surface area contributed by atoms with Crippen LogP contribution in [0, 0.1) is 0 Å². The molecule has 0 aliphatic carbocycles.